The Hall–Kier alpha value is -2.74. The number of aromatic nitrogens is 3. The van der Waals surface area contributed by atoms with Crippen molar-refractivity contribution in [1.82, 2.24) is 25.0 Å². The van der Waals surface area contributed by atoms with Crippen LogP contribution in [0.5, 0.6) is 0 Å². The topological polar surface area (TPSA) is 66.2 Å². The zero-order valence-electron chi connectivity index (χ0n) is 22.2. The fraction of sp³-hybridized carbons (Fsp3) is 0.355. The minimum absolute atomic E-state index is 0.237. The lowest BCUT2D eigenvalue weighted by atomic mass is 9.92. The molecular formula is C31H35Cl2N5O. The maximum Gasteiger partial charge on any atom is 0.137 e. The van der Waals surface area contributed by atoms with Gasteiger partial charge in [0, 0.05) is 28.7 Å². The molecule has 0 aliphatic carbocycles. The molecule has 8 heteroatoms. The molecule has 0 spiro atoms. The average Bonchev–Trinajstić information content (AvgIpc) is 3.44. The third kappa shape index (κ3) is 6.89. The van der Waals surface area contributed by atoms with Crippen LogP contribution in [0, 0.1) is 12.8 Å². The van der Waals surface area contributed by atoms with E-state index >= 15 is 0 Å². The van der Waals surface area contributed by atoms with Crippen molar-refractivity contribution in [3.8, 4) is 11.1 Å². The van der Waals surface area contributed by atoms with Crippen LogP contribution in [0.15, 0.2) is 79.4 Å². The number of nitrogens with one attached hydrogen (secondary N) is 1. The van der Waals surface area contributed by atoms with Crippen LogP contribution in [0.2, 0.25) is 10.0 Å². The summed E-state index contributed by atoms with van der Waals surface area (Å²) in [5.41, 5.74) is 4.71. The lowest BCUT2D eigenvalue weighted by molar-refractivity contribution is 0.0140. The van der Waals surface area contributed by atoms with Crippen molar-refractivity contribution in [3.63, 3.8) is 0 Å². The Balaban J connectivity index is 1.16. The Bertz CT molecular complexity index is 1360. The first-order valence-electron chi connectivity index (χ1n) is 13.5. The Morgan fingerprint density at radius 3 is 2.54 bits per heavy atom. The molecule has 1 aliphatic heterocycles. The van der Waals surface area contributed by atoms with Crippen LogP contribution in [0.25, 0.3) is 11.1 Å². The molecular weight excluding hydrogens is 529 g/mol. The van der Waals surface area contributed by atoms with E-state index in [-0.39, 0.29) is 6.54 Å². The summed E-state index contributed by atoms with van der Waals surface area (Å²) in [5.74, 6) is 0.550. The van der Waals surface area contributed by atoms with Gasteiger partial charge in [-0.05, 0) is 79.7 Å². The van der Waals surface area contributed by atoms with Gasteiger partial charge in [0.1, 0.15) is 18.3 Å². The summed E-state index contributed by atoms with van der Waals surface area (Å²) in [6.45, 7) is 6.75. The molecule has 3 aromatic carbocycles. The van der Waals surface area contributed by atoms with Crippen LogP contribution in [-0.2, 0) is 18.7 Å². The van der Waals surface area contributed by atoms with E-state index in [9.17, 15) is 5.11 Å². The molecule has 0 saturated carbocycles. The molecule has 1 unspecified atom stereocenters. The maximum atomic E-state index is 11.7. The molecule has 1 saturated heterocycles. The van der Waals surface area contributed by atoms with E-state index in [4.69, 9.17) is 23.2 Å². The highest BCUT2D eigenvalue weighted by Gasteiger charge is 2.33. The summed E-state index contributed by atoms with van der Waals surface area (Å²) >= 11 is 12.6. The van der Waals surface area contributed by atoms with Crippen LogP contribution in [0.3, 0.4) is 0 Å². The number of halogens is 2. The number of nitrogens with zero attached hydrogens (tertiary/aromatic N) is 4. The number of hydrogen-bond acceptors (Lipinski definition) is 5. The van der Waals surface area contributed by atoms with Gasteiger partial charge in [-0.25, -0.2) is 9.67 Å². The predicted molar refractivity (Wildman–Crippen MR) is 158 cm³/mol. The van der Waals surface area contributed by atoms with Crippen LogP contribution in [0.4, 0.5) is 0 Å². The molecule has 0 bridgehead atoms. The Morgan fingerprint density at radius 2 is 1.82 bits per heavy atom. The smallest absolute Gasteiger partial charge is 0.137 e. The lowest BCUT2D eigenvalue weighted by Gasteiger charge is -2.34. The molecule has 2 N–H and O–H groups in total. The number of piperidine rings is 1. The number of aliphatic hydroxyl groups is 1. The van der Waals surface area contributed by atoms with Gasteiger partial charge in [0.05, 0.1) is 6.54 Å². The Morgan fingerprint density at radius 1 is 1.03 bits per heavy atom. The monoisotopic (exact) mass is 563 g/mol. The van der Waals surface area contributed by atoms with Crippen molar-refractivity contribution in [3.05, 3.63) is 106 Å². The summed E-state index contributed by atoms with van der Waals surface area (Å²) in [4.78, 5) is 6.57. The maximum absolute atomic E-state index is 11.7. The van der Waals surface area contributed by atoms with Crippen molar-refractivity contribution in [2.24, 2.45) is 5.92 Å². The second kappa shape index (κ2) is 12.6. The Kier molecular flexibility index (Phi) is 9.00. The second-order valence-electron chi connectivity index (χ2n) is 10.6. The van der Waals surface area contributed by atoms with E-state index in [1.165, 1.54) is 28.6 Å². The zero-order valence-corrected chi connectivity index (χ0v) is 23.7. The molecule has 1 atom stereocenters. The van der Waals surface area contributed by atoms with Crippen molar-refractivity contribution >= 4 is 23.2 Å². The van der Waals surface area contributed by atoms with Gasteiger partial charge in [-0.15, -0.1) is 0 Å². The van der Waals surface area contributed by atoms with Crippen molar-refractivity contribution in [1.29, 1.82) is 0 Å². The second-order valence-corrected chi connectivity index (χ2v) is 11.4. The van der Waals surface area contributed by atoms with E-state index in [1.807, 2.05) is 0 Å². The third-order valence-corrected chi connectivity index (χ3v) is 8.35. The van der Waals surface area contributed by atoms with E-state index < -0.39 is 5.60 Å². The van der Waals surface area contributed by atoms with E-state index in [0.29, 0.717) is 28.1 Å². The molecule has 1 aliphatic rings. The molecule has 5 rings (SSSR count). The van der Waals surface area contributed by atoms with E-state index in [0.717, 1.165) is 39.0 Å². The highest BCUT2D eigenvalue weighted by Crippen LogP contribution is 2.32. The Labute approximate surface area is 240 Å². The number of benzene rings is 3. The third-order valence-electron chi connectivity index (χ3n) is 7.80. The van der Waals surface area contributed by atoms with Gasteiger partial charge >= 0.3 is 0 Å². The van der Waals surface area contributed by atoms with Crippen molar-refractivity contribution in [2.45, 2.75) is 38.5 Å². The zero-order chi connectivity index (χ0) is 27.2. The lowest BCUT2D eigenvalue weighted by Crippen LogP contribution is -2.44. The van der Waals surface area contributed by atoms with Crippen LogP contribution in [0.1, 0.15) is 29.5 Å². The van der Waals surface area contributed by atoms with E-state index in [1.54, 1.807) is 29.2 Å². The van der Waals surface area contributed by atoms with Crippen LogP contribution in [-0.4, -0.2) is 50.9 Å². The van der Waals surface area contributed by atoms with Crippen molar-refractivity contribution in [2.75, 3.05) is 26.2 Å². The fourth-order valence-electron chi connectivity index (χ4n) is 5.54. The molecule has 1 aromatic heterocycles. The number of hydrogen-bond donors (Lipinski definition) is 2. The molecule has 204 valence electrons. The minimum atomic E-state index is -1.25. The van der Waals surface area contributed by atoms with E-state index in [2.05, 4.69) is 75.8 Å². The normalized spacial score (nSPS) is 16.3. The highest BCUT2D eigenvalue weighted by molar-refractivity contribution is 6.35. The predicted octanol–water partition coefficient (Wildman–Crippen LogP) is 5.95. The highest BCUT2D eigenvalue weighted by atomic mass is 35.5. The first-order valence-corrected chi connectivity index (χ1v) is 14.2. The summed E-state index contributed by atoms with van der Waals surface area (Å²) in [5, 5.41) is 20.4. The average molecular weight is 565 g/mol. The van der Waals surface area contributed by atoms with Gasteiger partial charge in [-0.3, -0.25) is 4.90 Å². The van der Waals surface area contributed by atoms with Crippen LogP contribution < -0.4 is 5.32 Å². The molecule has 39 heavy (non-hydrogen) atoms. The van der Waals surface area contributed by atoms with Gasteiger partial charge in [-0.2, -0.15) is 5.10 Å². The number of rotatable bonds is 10. The molecule has 0 radical (unpaired) electrons. The first-order chi connectivity index (χ1) is 18.9. The van der Waals surface area contributed by atoms with Gasteiger partial charge in [-0.1, -0.05) is 77.8 Å². The van der Waals surface area contributed by atoms with Gasteiger partial charge in [0.2, 0.25) is 0 Å². The quantitative estimate of drug-likeness (QED) is 0.249. The van der Waals surface area contributed by atoms with Crippen LogP contribution >= 0.6 is 23.2 Å². The first kappa shape index (κ1) is 27.8. The summed E-state index contributed by atoms with van der Waals surface area (Å²) in [6.07, 6.45) is 5.30. The molecule has 0 amide bonds. The summed E-state index contributed by atoms with van der Waals surface area (Å²) in [6, 6.07) is 22.5. The van der Waals surface area contributed by atoms with Gasteiger partial charge in [0.15, 0.2) is 0 Å². The van der Waals surface area contributed by atoms with Gasteiger partial charge in [0.25, 0.3) is 0 Å². The minimum Gasteiger partial charge on any atom is -0.382 e. The molecule has 4 aromatic rings. The standard InChI is InChI=1S/C31H35Cl2N5O/c1-23-26(8-5-9-28(23)25-6-3-2-4-7-25)18-37-14-12-24(13-15-37)17-34-19-31(39,20-38-22-35-21-36-38)29-11-10-27(32)16-30(29)33/h2-11,16,21-22,24,34,39H,12-15,17-20H2,1H3. The van der Waals surface area contributed by atoms with Crippen molar-refractivity contribution < 1.29 is 5.11 Å². The molecule has 2 heterocycles. The van der Waals surface area contributed by atoms with Gasteiger partial charge < -0.3 is 10.4 Å². The molecule has 6 nitrogen and oxygen atoms in total. The molecule has 1 fully saturated rings. The summed E-state index contributed by atoms with van der Waals surface area (Å²) in [7, 11) is 0. The largest absolute Gasteiger partial charge is 0.382 e. The summed E-state index contributed by atoms with van der Waals surface area (Å²) < 4.78 is 1.62. The SMILES string of the molecule is Cc1c(CN2CCC(CNCC(O)(Cn3cncn3)c3ccc(Cl)cc3Cl)CC2)cccc1-c1ccccc1. The fourth-order valence-corrected chi connectivity index (χ4v) is 6.13. The number of likely N-dealkylation sites (tertiary alicyclic amines) is 1.